The fourth-order valence-electron chi connectivity index (χ4n) is 2.86. The molecule has 1 saturated heterocycles. The lowest BCUT2D eigenvalue weighted by atomic mass is 9.99. The fraction of sp³-hybridized carbons (Fsp3) is 0.353. The first-order chi connectivity index (χ1) is 11.9. The highest BCUT2D eigenvalue weighted by atomic mass is 35.5. The lowest BCUT2D eigenvalue weighted by Gasteiger charge is -2.30. The van der Waals surface area contributed by atoms with E-state index in [4.69, 9.17) is 11.6 Å². The molecule has 1 aliphatic rings. The normalized spacial score (nSPS) is 18.9. The molecule has 2 heterocycles. The molecule has 8 heteroatoms. The number of nitrogens with zero attached hydrogens (tertiary/aromatic N) is 1. The van der Waals surface area contributed by atoms with Gasteiger partial charge in [-0.1, -0.05) is 17.7 Å². The van der Waals surface area contributed by atoms with Crippen molar-refractivity contribution in [1.29, 1.82) is 0 Å². The number of carbonyl (C=O) groups excluding carboxylic acids is 1. The van der Waals surface area contributed by atoms with Crippen LogP contribution in [0.3, 0.4) is 0 Å². The number of halogens is 1. The molecule has 25 heavy (non-hydrogen) atoms. The molecule has 1 fully saturated rings. The Labute approximate surface area is 156 Å². The minimum absolute atomic E-state index is 0.176. The molecule has 1 aliphatic heterocycles. The average Bonchev–Trinajstić information content (AvgIpc) is 3.02. The van der Waals surface area contributed by atoms with E-state index in [1.54, 1.807) is 36.4 Å². The van der Waals surface area contributed by atoms with Crippen molar-refractivity contribution < 1.29 is 13.2 Å². The Morgan fingerprint density at radius 2 is 2.12 bits per heavy atom. The Hall–Kier alpha value is -1.41. The van der Waals surface area contributed by atoms with Gasteiger partial charge in [-0.3, -0.25) is 4.79 Å². The van der Waals surface area contributed by atoms with E-state index in [0.29, 0.717) is 34.3 Å². The van der Waals surface area contributed by atoms with Crippen molar-refractivity contribution in [3.05, 3.63) is 46.3 Å². The van der Waals surface area contributed by atoms with Gasteiger partial charge in [0.2, 0.25) is 5.91 Å². The molecule has 0 radical (unpaired) electrons. The van der Waals surface area contributed by atoms with Gasteiger partial charge < -0.3 is 5.32 Å². The number of benzene rings is 1. The number of hydrogen-bond donors (Lipinski definition) is 1. The maximum Gasteiger partial charge on any atom is 0.252 e. The highest BCUT2D eigenvalue weighted by Gasteiger charge is 2.34. The summed E-state index contributed by atoms with van der Waals surface area (Å²) in [7, 11) is -3.54. The number of hydrogen-bond acceptors (Lipinski definition) is 4. The standard InChI is InChI=1S/C17H19ClN2O3S2/c1-12-7-8-16(24-12)25(22,23)20-9-3-4-13(11-20)17(21)19-15-6-2-5-14(18)10-15/h2,5-8,10,13H,3-4,9,11H2,1H3,(H,19,21)/t13-/m0/s1. The van der Waals surface area contributed by atoms with Gasteiger partial charge in [0.1, 0.15) is 4.21 Å². The van der Waals surface area contributed by atoms with Gasteiger partial charge in [0.05, 0.1) is 5.92 Å². The number of nitrogens with one attached hydrogen (secondary N) is 1. The predicted octanol–water partition coefficient (Wildman–Crippen LogP) is 3.75. The summed E-state index contributed by atoms with van der Waals surface area (Å²) in [5.41, 5.74) is 0.617. The monoisotopic (exact) mass is 398 g/mol. The van der Waals surface area contributed by atoms with Crippen LogP contribution in [0.15, 0.2) is 40.6 Å². The molecule has 5 nitrogen and oxygen atoms in total. The maximum absolute atomic E-state index is 12.8. The van der Waals surface area contributed by atoms with Crippen LogP contribution in [0.5, 0.6) is 0 Å². The van der Waals surface area contributed by atoms with E-state index in [2.05, 4.69) is 5.32 Å². The van der Waals surface area contributed by atoms with Gasteiger partial charge in [0.25, 0.3) is 10.0 Å². The van der Waals surface area contributed by atoms with Crippen molar-refractivity contribution in [2.24, 2.45) is 5.92 Å². The van der Waals surface area contributed by atoms with Crippen LogP contribution in [0.1, 0.15) is 17.7 Å². The van der Waals surface area contributed by atoms with Gasteiger partial charge >= 0.3 is 0 Å². The van der Waals surface area contributed by atoms with Crippen LogP contribution in [0.25, 0.3) is 0 Å². The minimum atomic E-state index is -3.54. The quantitative estimate of drug-likeness (QED) is 0.852. The molecule has 0 saturated carbocycles. The summed E-state index contributed by atoms with van der Waals surface area (Å²) >= 11 is 7.19. The number of rotatable bonds is 4. The SMILES string of the molecule is Cc1ccc(S(=O)(=O)N2CCC[C@H](C(=O)Nc3cccc(Cl)c3)C2)s1. The molecule has 1 amide bonds. The molecule has 0 bridgehead atoms. The van der Waals surface area contributed by atoms with Gasteiger partial charge in [0.15, 0.2) is 0 Å². The van der Waals surface area contributed by atoms with Crippen molar-refractivity contribution in [2.45, 2.75) is 24.0 Å². The first-order valence-corrected chi connectivity index (χ1v) is 10.6. The van der Waals surface area contributed by atoms with Gasteiger partial charge in [0, 0.05) is 28.7 Å². The zero-order chi connectivity index (χ0) is 18.0. The third-order valence-corrected chi connectivity index (χ3v) is 7.73. The molecule has 0 aliphatic carbocycles. The smallest absolute Gasteiger partial charge is 0.252 e. The van der Waals surface area contributed by atoms with Crippen LogP contribution >= 0.6 is 22.9 Å². The van der Waals surface area contributed by atoms with Crippen LogP contribution in [-0.4, -0.2) is 31.7 Å². The number of sulfonamides is 1. The van der Waals surface area contributed by atoms with Gasteiger partial charge in [-0.2, -0.15) is 4.31 Å². The Balaban J connectivity index is 1.71. The number of carbonyl (C=O) groups is 1. The molecule has 1 aromatic heterocycles. The van der Waals surface area contributed by atoms with Gasteiger partial charge in [-0.25, -0.2) is 8.42 Å². The highest BCUT2D eigenvalue weighted by molar-refractivity contribution is 7.91. The molecule has 1 aromatic carbocycles. The zero-order valence-corrected chi connectivity index (χ0v) is 16.1. The summed E-state index contributed by atoms with van der Waals surface area (Å²) in [6.07, 6.45) is 1.33. The number of aryl methyl sites for hydroxylation is 1. The lowest BCUT2D eigenvalue weighted by molar-refractivity contribution is -0.120. The van der Waals surface area contributed by atoms with E-state index >= 15 is 0 Å². The Kier molecular flexibility index (Phi) is 5.48. The van der Waals surface area contributed by atoms with Crippen LogP contribution in [0.2, 0.25) is 5.02 Å². The van der Waals surface area contributed by atoms with Gasteiger partial charge in [-0.05, 0) is 50.1 Å². The Morgan fingerprint density at radius 3 is 2.80 bits per heavy atom. The van der Waals surface area contributed by atoms with Crippen LogP contribution < -0.4 is 5.32 Å². The van der Waals surface area contributed by atoms with Crippen molar-refractivity contribution >= 4 is 44.6 Å². The maximum atomic E-state index is 12.8. The minimum Gasteiger partial charge on any atom is -0.326 e. The van der Waals surface area contributed by atoms with Crippen molar-refractivity contribution in [3.8, 4) is 0 Å². The number of anilines is 1. The van der Waals surface area contributed by atoms with Crippen LogP contribution in [0, 0.1) is 12.8 Å². The molecule has 0 unspecified atom stereocenters. The summed E-state index contributed by atoms with van der Waals surface area (Å²) in [5.74, 6) is -0.548. The van der Waals surface area contributed by atoms with Crippen molar-refractivity contribution in [3.63, 3.8) is 0 Å². The molecule has 134 valence electrons. The third-order valence-electron chi connectivity index (χ3n) is 4.16. The number of piperidine rings is 1. The second-order valence-corrected chi connectivity index (χ2v) is 9.96. The topological polar surface area (TPSA) is 66.5 Å². The first-order valence-electron chi connectivity index (χ1n) is 7.99. The average molecular weight is 399 g/mol. The predicted molar refractivity (Wildman–Crippen MR) is 101 cm³/mol. The van der Waals surface area contributed by atoms with E-state index < -0.39 is 10.0 Å². The summed E-state index contributed by atoms with van der Waals surface area (Å²) in [5, 5.41) is 3.37. The molecule has 2 aromatic rings. The molecular weight excluding hydrogens is 380 g/mol. The fourth-order valence-corrected chi connectivity index (χ4v) is 6.02. The number of amides is 1. The first kappa shape index (κ1) is 18.4. The second-order valence-electron chi connectivity index (χ2n) is 6.07. The third kappa shape index (κ3) is 4.23. The highest BCUT2D eigenvalue weighted by Crippen LogP contribution is 2.28. The van der Waals surface area contributed by atoms with Crippen LogP contribution in [-0.2, 0) is 14.8 Å². The summed E-state index contributed by atoms with van der Waals surface area (Å²) < 4.78 is 27.3. The van der Waals surface area contributed by atoms with Gasteiger partial charge in [-0.15, -0.1) is 11.3 Å². The van der Waals surface area contributed by atoms with Crippen molar-refractivity contribution in [1.82, 2.24) is 4.31 Å². The second kappa shape index (κ2) is 7.45. The molecule has 0 spiro atoms. The van der Waals surface area contributed by atoms with E-state index in [1.807, 2.05) is 6.92 Å². The molecule has 3 rings (SSSR count). The Bertz CT molecular complexity index is 880. The molecule has 1 atom stereocenters. The molecule has 1 N–H and O–H groups in total. The van der Waals surface area contributed by atoms with E-state index in [0.717, 1.165) is 4.88 Å². The Morgan fingerprint density at radius 1 is 1.32 bits per heavy atom. The molecular formula is C17H19ClN2O3S2. The van der Waals surface area contributed by atoms with Crippen molar-refractivity contribution in [2.75, 3.05) is 18.4 Å². The zero-order valence-electron chi connectivity index (χ0n) is 13.7. The van der Waals surface area contributed by atoms with Crippen LogP contribution in [0.4, 0.5) is 5.69 Å². The van der Waals surface area contributed by atoms with E-state index in [1.165, 1.54) is 15.6 Å². The van der Waals surface area contributed by atoms with E-state index in [-0.39, 0.29) is 18.4 Å². The number of thiophene rings is 1. The summed E-state index contributed by atoms with van der Waals surface area (Å²) in [4.78, 5) is 13.5. The lowest BCUT2D eigenvalue weighted by Crippen LogP contribution is -2.43. The van der Waals surface area contributed by atoms with E-state index in [9.17, 15) is 13.2 Å². The largest absolute Gasteiger partial charge is 0.326 e. The summed E-state index contributed by atoms with van der Waals surface area (Å²) in [6, 6.07) is 10.3. The summed E-state index contributed by atoms with van der Waals surface area (Å²) in [6.45, 7) is 2.52.